The number of amides is 1. The number of rotatable bonds is 4. The summed E-state index contributed by atoms with van der Waals surface area (Å²) in [7, 11) is -5.05. The first-order chi connectivity index (χ1) is 12.8. The van der Waals surface area contributed by atoms with Crippen LogP contribution in [-0.2, 0) is 20.8 Å². The number of hydrogen-bond donors (Lipinski definition) is 0. The van der Waals surface area contributed by atoms with Gasteiger partial charge in [0.2, 0.25) is 10.0 Å². The maximum absolute atomic E-state index is 13.9. The summed E-state index contributed by atoms with van der Waals surface area (Å²) in [6.07, 6.45) is 1.56. The molecular formula is C18H19FN2O4S2. The monoisotopic (exact) mass is 410 g/mol. The van der Waals surface area contributed by atoms with Crippen molar-refractivity contribution in [3.05, 3.63) is 59.9 Å². The van der Waals surface area contributed by atoms with Crippen molar-refractivity contribution >= 4 is 26.7 Å². The summed E-state index contributed by atoms with van der Waals surface area (Å²) in [5.41, 5.74) is 0.453. The van der Waals surface area contributed by atoms with E-state index in [1.54, 1.807) is 35.4 Å². The third-order valence-electron chi connectivity index (χ3n) is 4.41. The average molecular weight is 410 g/mol. The molecule has 6 nitrogen and oxygen atoms in total. The Bertz CT molecular complexity index is 969. The fourth-order valence-electron chi connectivity index (χ4n) is 2.90. The standard InChI is InChI=1S/C18H19FN2O4S2/c1-26(23)15-8-6-14(7-9-15)18(22)20-10-12-21(13-11-20)27(24,25)17-5-3-2-4-16(17)19/h2-9H,10-13H2,1H3. The summed E-state index contributed by atoms with van der Waals surface area (Å²) in [6.45, 7) is 0.626. The van der Waals surface area contributed by atoms with Crippen LogP contribution in [0.15, 0.2) is 58.3 Å². The summed E-state index contributed by atoms with van der Waals surface area (Å²) in [5, 5.41) is 0. The van der Waals surface area contributed by atoms with E-state index in [1.165, 1.54) is 22.5 Å². The Balaban J connectivity index is 1.69. The lowest BCUT2D eigenvalue weighted by Gasteiger charge is -2.34. The zero-order valence-electron chi connectivity index (χ0n) is 14.7. The lowest BCUT2D eigenvalue weighted by molar-refractivity contribution is 0.0697. The van der Waals surface area contributed by atoms with Crippen molar-refractivity contribution in [3.63, 3.8) is 0 Å². The van der Waals surface area contributed by atoms with Crippen LogP contribution in [0, 0.1) is 5.82 Å². The Morgan fingerprint density at radius 3 is 2.15 bits per heavy atom. The van der Waals surface area contributed by atoms with E-state index in [9.17, 15) is 21.8 Å². The van der Waals surface area contributed by atoms with Crippen LogP contribution in [0.2, 0.25) is 0 Å². The lowest BCUT2D eigenvalue weighted by atomic mass is 10.2. The molecule has 144 valence electrons. The van der Waals surface area contributed by atoms with Gasteiger partial charge in [-0.2, -0.15) is 4.31 Å². The Hall–Kier alpha value is -2.10. The molecule has 1 unspecified atom stereocenters. The van der Waals surface area contributed by atoms with Crippen LogP contribution >= 0.6 is 0 Å². The SMILES string of the molecule is CS(=O)c1ccc(C(=O)N2CCN(S(=O)(=O)c3ccccc3F)CC2)cc1. The smallest absolute Gasteiger partial charge is 0.253 e. The number of nitrogens with zero attached hydrogens (tertiary/aromatic N) is 2. The van der Waals surface area contributed by atoms with E-state index in [0.29, 0.717) is 10.5 Å². The van der Waals surface area contributed by atoms with Crippen LogP contribution in [0.3, 0.4) is 0 Å². The summed E-state index contributed by atoms with van der Waals surface area (Å²) in [4.78, 5) is 14.4. The highest BCUT2D eigenvalue weighted by Crippen LogP contribution is 2.21. The van der Waals surface area contributed by atoms with E-state index in [2.05, 4.69) is 0 Å². The van der Waals surface area contributed by atoms with Gasteiger partial charge in [0, 0.05) is 53.7 Å². The number of benzene rings is 2. The van der Waals surface area contributed by atoms with Gasteiger partial charge >= 0.3 is 0 Å². The molecule has 27 heavy (non-hydrogen) atoms. The third kappa shape index (κ3) is 4.10. The average Bonchev–Trinajstić information content (AvgIpc) is 2.68. The Kier molecular flexibility index (Phi) is 5.73. The zero-order chi connectivity index (χ0) is 19.6. The van der Waals surface area contributed by atoms with Crippen molar-refractivity contribution in [1.29, 1.82) is 0 Å². The molecule has 1 amide bonds. The topological polar surface area (TPSA) is 74.8 Å². The quantitative estimate of drug-likeness (QED) is 0.769. The van der Waals surface area contributed by atoms with Crippen LogP contribution in [0.1, 0.15) is 10.4 Å². The summed E-state index contributed by atoms with van der Waals surface area (Å²) in [5.74, 6) is -1.00. The third-order valence-corrected chi connectivity index (χ3v) is 7.28. The highest BCUT2D eigenvalue weighted by molar-refractivity contribution is 7.89. The highest BCUT2D eigenvalue weighted by atomic mass is 32.2. The predicted molar refractivity (Wildman–Crippen MR) is 99.8 cm³/mol. The summed E-state index contributed by atoms with van der Waals surface area (Å²) < 4.78 is 51.7. The van der Waals surface area contributed by atoms with E-state index >= 15 is 0 Å². The van der Waals surface area contributed by atoms with Crippen molar-refractivity contribution in [1.82, 2.24) is 9.21 Å². The van der Waals surface area contributed by atoms with E-state index in [0.717, 1.165) is 6.07 Å². The van der Waals surface area contributed by atoms with Gasteiger partial charge in [0.05, 0.1) is 0 Å². The Labute approximate surface area is 160 Å². The van der Waals surface area contributed by atoms with Crippen LogP contribution in [0.4, 0.5) is 4.39 Å². The second-order valence-corrected chi connectivity index (χ2v) is 9.39. The molecule has 0 aliphatic carbocycles. The number of carbonyl (C=O) groups is 1. The van der Waals surface area contributed by atoms with Crippen molar-refractivity contribution in [2.45, 2.75) is 9.79 Å². The van der Waals surface area contributed by atoms with Crippen LogP contribution in [-0.4, -0.2) is 60.2 Å². The minimum atomic E-state index is -3.94. The molecule has 1 aliphatic rings. The molecule has 1 heterocycles. The molecule has 1 atom stereocenters. The van der Waals surface area contributed by atoms with Gasteiger partial charge in [-0.15, -0.1) is 0 Å². The molecule has 0 radical (unpaired) electrons. The van der Waals surface area contributed by atoms with Gasteiger partial charge in [0.25, 0.3) is 5.91 Å². The molecule has 1 fully saturated rings. The number of halogens is 1. The van der Waals surface area contributed by atoms with Gasteiger partial charge in [-0.3, -0.25) is 9.00 Å². The number of piperazine rings is 1. The van der Waals surface area contributed by atoms with Gasteiger partial charge in [0.1, 0.15) is 10.7 Å². The normalized spacial score (nSPS) is 16.9. The van der Waals surface area contributed by atoms with Gasteiger partial charge in [-0.25, -0.2) is 12.8 Å². The maximum atomic E-state index is 13.9. The second-order valence-electron chi connectivity index (χ2n) is 6.11. The Morgan fingerprint density at radius 2 is 1.59 bits per heavy atom. The molecule has 2 aromatic rings. The van der Waals surface area contributed by atoms with Gasteiger partial charge in [0.15, 0.2) is 0 Å². The number of sulfonamides is 1. The van der Waals surface area contributed by atoms with Gasteiger partial charge < -0.3 is 4.90 Å². The number of carbonyl (C=O) groups excluding carboxylic acids is 1. The predicted octanol–water partition coefficient (Wildman–Crippen LogP) is 1.71. The van der Waals surface area contributed by atoms with Crippen molar-refractivity contribution in [2.24, 2.45) is 0 Å². The van der Waals surface area contributed by atoms with Crippen LogP contribution in [0.25, 0.3) is 0 Å². The first-order valence-corrected chi connectivity index (χ1v) is 11.3. The maximum Gasteiger partial charge on any atom is 0.253 e. The summed E-state index contributed by atoms with van der Waals surface area (Å²) in [6, 6.07) is 11.8. The highest BCUT2D eigenvalue weighted by Gasteiger charge is 2.32. The first kappa shape index (κ1) is 19.7. The first-order valence-electron chi connectivity index (χ1n) is 8.28. The molecule has 0 saturated carbocycles. The molecule has 0 bridgehead atoms. The van der Waals surface area contributed by atoms with Crippen LogP contribution < -0.4 is 0 Å². The zero-order valence-corrected chi connectivity index (χ0v) is 16.3. The van der Waals surface area contributed by atoms with Gasteiger partial charge in [-0.05, 0) is 36.4 Å². The molecule has 9 heteroatoms. The molecular weight excluding hydrogens is 391 g/mol. The molecule has 1 saturated heterocycles. The Morgan fingerprint density at radius 1 is 1.00 bits per heavy atom. The lowest BCUT2D eigenvalue weighted by Crippen LogP contribution is -2.50. The van der Waals surface area contributed by atoms with Crippen molar-refractivity contribution in [2.75, 3.05) is 32.4 Å². The largest absolute Gasteiger partial charge is 0.336 e. The van der Waals surface area contributed by atoms with E-state index < -0.39 is 26.6 Å². The molecule has 0 N–H and O–H groups in total. The van der Waals surface area contributed by atoms with Crippen LogP contribution in [0.5, 0.6) is 0 Å². The minimum absolute atomic E-state index is 0.0967. The second kappa shape index (κ2) is 7.87. The van der Waals surface area contributed by atoms with E-state index in [-0.39, 0.29) is 37.0 Å². The molecule has 0 aromatic heterocycles. The van der Waals surface area contributed by atoms with Crippen molar-refractivity contribution in [3.8, 4) is 0 Å². The van der Waals surface area contributed by atoms with E-state index in [1.807, 2.05) is 0 Å². The minimum Gasteiger partial charge on any atom is -0.336 e. The van der Waals surface area contributed by atoms with Crippen molar-refractivity contribution < 1.29 is 21.8 Å². The number of hydrogen-bond acceptors (Lipinski definition) is 4. The fraction of sp³-hybridized carbons (Fsp3) is 0.278. The summed E-state index contributed by atoms with van der Waals surface area (Å²) >= 11 is 0. The van der Waals surface area contributed by atoms with E-state index in [4.69, 9.17) is 0 Å². The van der Waals surface area contributed by atoms with Gasteiger partial charge in [-0.1, -0.05) is 12.1 Å². The fourth-order valence-corrected chi connectivity index (χ4v) is 4.90. The molecule has 1 aliphatic heterocycles. The molecule has 2 aromatic carbocycles. The molecule has 0 spiro atoms. The molecule has 3 rings (SSSR count).